The molecule has 3 unspecified atom stereocenters. The second-order valence-corrected chi connectivity index (χ2v) is 14.4. The lowest BCUT2D eigenvalue weighted by molar-refractivity contribution is -0.133. The Morgan fingerprint density at radius 1 is 0.848 bits per heavy atom. The number of carbonyl (C=O) groups excluding carboxylic acids is 1. The molecule has 2 aromatic carbocycles. The Hall–Kier alpha value is -4.15. The number of imidazole rings is 2. The van der Waals surface area contributed by atoms with Crippen molar-refractivity contribution in [1.82, 2.24) is 29.7 Å². The Labute approximate surface area is 272 Å². The zero-order valence-corrected chi connectivity index (χ0v) is 27.3. The Bertz CT molecular complexity index is 1820. The number of carbonyl (C=O) groups is 1. The molecule has 4 atom stereocenters. The molecule has 2 aliphatic carbocycles. The quantitative estimate of drug-likeness (QED) is 0.219. The number of nitrogens with zero attached hydrogens (tertiary/aromatic N) is 4. The molecule has 2 saturated heterocycles. The molecule has 1 amide bonds. The molecule has 4 aromatic rings. The third-order valence-electron chi connectivity index (χ3n) is 10.9. The van der Waals surface area contributed by atoms with Crippen LogP contribution in [0.2, 0.25) is 0 Å². The van der Waals surface area contributed by atoms with Crippen molar-refractivity contribution in [3.05, 3.63) is 82.8 Å². The number of hydrogen-bond donors (Lipinski definition) is 2. The van der Waals surface area contributed by atoms with E-state index < -0.39 is 0 Å². The fourth-order valence-electron chi connectivity index (χ4n) is 8.64. The van der Waals surface area contributed by atoms with E-state index in [0.717, 1.165) is 61.0 Å². The number of amides is 1. The van der Waals surface area contributed by atoms with Crippen molar-refractivity contribution in [1.29, 1.82) is 0 Å². The molecule has 236 valence electrons. The highest BCUT2D eigenvalue weighted by Crippen LogP contribution is 2.56. The van der Waals surface area contributed by atoms with Crippen molar-refractivity contribution < 1.29 is 4.79 Å². The maximum Gasteiger partial charge on any atom is 0.223 e. The van der Waals surface area contributed by atoms with E-state index in [2.05, 4.69) is 89.0 Å². The van der Waals surface area contributed by atoms with Crippen LogP contribution in [0.15, 0.2) is 48.8 Å². The summed E-state index contributed by atoms with van der Waals surface area (Å²) in [5.74, 6) is 10.7. The van der Waals surface area contributed by atoms with Crippen molar-refractivity contribution in [2.24, 2.45) is 5.92 Å². The van der Waals surface area contributed by atoms with E-state index in [1.54, 1.807) is 0 Å². The van der Waals surface area contributed by atoms with Crippen molar-refractivity contribution in [3.63, 3.8) is 0 Å². The van der Waals surface area contributed by atoms with Crippen LogP contribution in [-0.2, 0) is 4.79 Å². The molecule has 4 heterocycles. The van der Waals surface area contributed by atoms with Gasteiger partial charge in [0.1, 0.15) is 17.3 Å². The Kier molecular flexibility index (Phi) is 7.57. The number of aromatic amines is 2. The minimum absolute atomic E-state index is 0.0446. The van der Waals surface area contributed by atoms with E-state index >= 15 is 0 Å². The molecule has 4 aliphatic rings. The molecule has 2 N–H and O–H groups in total. The van der Waals surface area contributed by atoms with Crippen molar-refractivity contribution >= 4 is 5.91 Å². The highest BCUT2D eigenvalue weighted by molar-refractivity contribution is 5.78. The van der Waals surface area contributed by atoms with Crippen LogP contribution in [0.1, 0.15) is 123 Å². The molecular weight excluding hydrogens is 568 g/mol. The summed E-state index contributed by atoms with van der Waals surface area (Å²) in [5.41, 5.74) is 9.79. The summed E-state index contributed by atoms with van der Waals surface area (Å²) in [6, 6.07) is 13.9. The van der Waals surface area contributed by atoms with Crippen molar-refractivity contribution in [2.45, 2.75) is 89.1 Å². The first-order valence-electron chi connectivity index (χ1n) is 17.3. The SMILES string of the molecule is CC(C)CC(=O)N1CCC[C@H]1c1ncc(-c2ccc(-c3ccc(C#Cc4cnc(C5CCCN5C)[nH]4)c4c3C3CCC4C3)cc2)[nH]1. The highest BCUT2D eigenvalue weighted by Gasteiger charge is 2.40. The molecule has 8 rings (SSSR count). The van der Waals surface area contributed by atoms with Gasteiger partial charge >= 0.3 is 0 Å². The van der Waals surface area contributed by atoms with Gasteiger partial charge in [-0.3, -0.25) is 9.69 Å². The van der Waals surface area contributed by atoms with Gasteiger partial charge in [0, 0.05) is 18.5 Å². The third-order valence-corrected chi connectivity index (χ3v) is 10.9. The van der Waals surface area contributed by atoms with Gasteiger partial charge in [-0.15, -0.1) is 0 Å². The average Bonchev–Trinajstić information content (AvgIpc) is 3.90. The van der Waals surface area contributed by atoms with E-state index in [4.69, 9.17) is 4.98 Å². The maximum atomic E-state index is 12.9. The summed E-state index contributed by atoms with van der Waals surface area (Å²) in [7, 11) is 2.18. The minimum atomic E-state index is 0.0446. The fourth-order valence-corrected chi connectivity index (χ4v) is 8.64. The van der Waals surface area contributed by atoms with Crippen LogP contribution < -0.4 is 0 Å². The monoisotopic (exact) mass is 612 g/mol. The van der Waals surface area contributed by atoms with Crippen LogP contribution in [0.5, 0.6) is 0 Å². The second kappa shape index (κ2) is 11.9. The molecule has 3 fully saturated rings. The lowest BCUT2D eigenvalue weighted by atomic mass is 9.83. The number of fused-ring (bicyclic) bond motifs is 5. The number of rotatable bonds is 6. The number of likely N-dealkylation sites (tertiary alicyclic amines) is 2. The summed E-state index contributed by atoms with van der Waals surface area (Å²) in [5, 5.41) is 0. The lowest BCUT2D eigenvalue weighted by Crippen LogP contribution is -2.31. The Morgan fingerprint density at radius 2 is 1.57 bits per heavy atom. The van der Waals surface area contributed by atoms with E-state index in [0.29, 0.717) is 30.2 Å². The zero-order valence-electron chi connectivity index (χ0n) is 27.3. The predicted molar refractivity (Wildman–Crippen MR) is 181 cm³/mol. The average molecular weight is 613 g/mol. The molecule has 2 aliphatic heterocycles. The largest absolute Gasteiger partial charge is 0.340 e. The van der Waals surface area contributed by atoms with Gasteiger partial charge in [0.05, 0.1) is 30.2 Å². The van der Waals surface area contributed by atoms with Crippen molar-refractivity contribution in [2.75, 3.05) is 20.1 Å². The minimum Gasteiger partial charge on any atom is -0.340 e. The first kappa shape index (κ1) is 29.3. The molecular formula is C39H44N6O. The van der Waals surface area contributed by atoms with Crippen LogP contribution in [0, 0.1) is 17.8 Å². The summed E-state index contributed by atoms with van der Waals surface area (Å²) in [6.07, 6.45) is 12.6. The molecule has 46 heavy (non-hydrogen) atoms. The fraction of sp³-hybridized carbons (Fsp3) is 0.462. The van der Waals surface area contributed by atoms with Gasteiger partial charge in [0.2, 0.25) is 5.91 Å². The first-order valence-corrected chi connectivity index (χ1v) is 17.3. The molecule has 1 saturated carbocycles. The number of H-pyrrole nitrogens is 2. The zero-order chi connectivity index (χ0) is 31.4. The van der Waals surface area contributed by atoms with Gasteiger partial charge in [-0.25, -0.2) is 9.97 Å². The van der Waals surface area contributed by atoms with Crippen molar-refractivity contribution in [3.8, 4) is 34.2 Å². The van der Waals surface area contributed by atoms with Gasteiger partial charge in [-0.05, 0) is 116 Å². The summed E-state index contributed by atoms with van der Waals surface area (Å²) >= 11 is 0. The van der Waals surface area contributed by atoms with Crippen LogP contribution >= 0.6 is 0 Å². The maximum absolute atomic E-state index is 12.9. The molecule has 7 heteroatoms. The van der Waals surface area contributed by atoms with Crippen LogP contribution in [0.25, 0.3) is 22.4 Å². The number of aromatic nitrogens is 4. The number of nitrogens with one attached hydrogen (secondary N) is 2. The molecule has 2 aromatic heterocycles. The van der Waals surface area contributed by atoms with Gasteiger partial charge in [-0.2, -0.15) is 0 Å². The summed E-state index contributed by atoms with van der Waals surface area (Å²) in [6.45, 7) is 6.15. The normalized spacial score (nSPS) is 23.7. The summed E-state index contributed by atoms with van der Waals surface area (Å²) < 4.78 is 0. The van der Waals surface area contributed by atoms with Crippen LogP contribution in [0.3, 0.4) is 0 Å². The first-order chi connectivity index (χ1) is 22.4. The lowest BCUT2D eigenvalue weighted by Gasteiger charge is -2.24. The number of benzene rings is 2. The highest BCUT2D eigenvalue weighted by atomic mass is 16.2. The van der Waals surface area contributed by atoms with E-state index in [1.165, 1.54) is 53.5 Å². The molecule has 7 nitrogen and oxygen atoms in total. The number of hydrogen-bond acceptors (Lipinski definition) is 4. The smallest absolute Gasteiger partial charge is 0.223 e. The summed E-state index contributed by atoms with van der Waals surface area (Å²) in [4.78, 5) is 33.7. The van der Waals surface area contributed by atoms with Crippen LogP contribution in [-0.4, -0.2) is 55.8 Å². The van der Waals surface area contributed by atoms with E-state index in [-0.39, 0.29) is 11.9 Å². The Morgan fingerprint density at radius 3 is 2.35 bits per heavy atom. The standard InChI is InChI=1S/C39H44N6O/c1-24(2)20-35(46)45-19-5-7-34(45)39-41-23-32(43-39)26-10-8-25(9-11-26)31-17-15-27(36-28-12-13-29(21-28)37(31)36)14-16-30-22-40-38(42-30)33-6-4-18-44(33)3/h8-11,15,17,22-24,28-29,33-34H,4-7,12-13,18-21H2,1-3H3,(H,40,42)(H,41,43)/t28?,29?,33?,34-/m0/s1. The topological polar surface area (TPSA) is 80.9 Å². The second-order valence-electron chi connectivity index (χ2n) is 14.4. The van der Waals surface area contributed by atoms with Crippen LogP contribution in [0.4, 0.5) is 0 Å². The van der Waals surface area contributed by atoms with Gasteiger partial charge in [0.25, 0.3) is 0 Å². The Balaban J connectivity index is 1.03. The molecule has 2 bridgehead atoms. The van der Waals surface area contributed by atoms with Gasteiger partial charge < -0.3 is 14.9 Å². The predicted octanol–water partition coefficient (Wildman–Crippen LogP) is 7.71. The van der Waals surface area contributed by atoms with Gasteiger partial charge in [0.15, 0.2) is 0 Å². The molecule has 0 spiro atoms. The van der Waals surface area contributed by atoms with Gasteiger partial charge in [-0.1, -0.05) is 50.1 Å². The van der Waals surface area contributed by atoms with E-state index in [9.17, 15) is 4.79 Å². The third kappa shape index (κ3) is 5.27. The van der Waals surface area contributed by atoms with E-state index in [1.807, 2.05) is 17.3 Å². The molecule has 0 radical (unpaired) electrons.